The number of urea groups is 1. The number of rotatable bonds is 6. The molecule has 0 spiro atoms. The predicted octanol–water partition coefficient (Wildman–Crippen LogP) is 6.99. The maximum atomic E-state index is 12.5. The first kappa shape index (κ1) is 32.1. The Morgan fingerprint density at radius 3 is 2.50 bits per heavy atom. The van der Waals surface area contributed by atoms with Gasteiger partial charge in [-0.05, 0) is 114 Å². The first-order chi connectivity index (χ1) is 23.1. The van der Waals surface area contributed by atoms with Crippen LogP contribution in [-0.4, -0.2) is 69.5 Å². The van der Waals surface area contributed by atoms with Crippen molar-refractivity contribution in [2.75, 3.05) is 36.4 Å². The molecule has 1 aliphatic carbocycles. The maximum Gasteiger partial charge on any atom is 0.412 e. The predicted molar refractivity (Wildman–Crippen MR) is 186 cm³/mol. The van der Waals surface area contributed by atoms with Crippen molar-refractivity contribution in [1.82, 2.24) is 25.0 Å². The fourth-order valence-corrected chi connectivity index (χ4v) is 7.58. The van der Waals surface area contributed by atoms with E-state index in [0.717, 1.165) is 72.7 Å². The standard InChI is InChI=1S/C37H45N7O4/c1-37(2,3)48-36(47)39-29-7-11-32-28(19-29)23-44(41-32)30-8-4-24(5-9-30)22-42-15-12-25(13-16-42)26-6-10-31-27(18-26)20-38-21-33(31)43-17-14-34(45)40-35(43)46/h6-7,10-11,18-21,23-25,30H,4-5,8-9,12-17,22H2,1-3H3,(H,39,47)(H,40,45,46). The lowest BCUT2D eigenvalue weighted by molar-refractivity contribution is -0.120. The van der Waals surface area contributed by atoms with Gasteiger partial charge in [0.2, 0.25) is 5.91 Å². The van der Waals surface area contributed by atoms with Gasteiger partial charge in [0.25, 0.3) is 0 Å². The molecule has 11 heteroatoms. The SMILES string of the molecule is CC(C)(C)OC(=O)Nc1ccc2nn(C3CCC(CN4CCC(c5ccc6c(N7CCC(=O)NC7=O)cncc6c5)CC4)CC3)cc2c1. The van der Waals surface area contributed by atoms with E-state index in [9.17, 15) is 14.4 Å². The lowest BCUT2D eigenvalue weighted by Crippen LogP contribution is -2.49. The van der Waals surface area contributed by atoms with Crippen LogP contribution in [0.2, 0.25) is 0 Å². The number of likely N-dealkylation sites (tertiary alicyclic amines) is 1. The maximum absolute atomic E-state index is 12.5. The first-order valence-electron chi connectivity index (χ1n) is 17.3. The zero-order valence-corrected chi connectivity index (χ0v) is 28.1. The molecule has 0 atom stereocenters. The van der Waals surface area contributed by atoms with Gasteiger partial charge in [0.15, 0.2) is 0 Å². The summed E-state index contributed by atoms with van der Waals surface area (Å²) >= 11 is 0. The normalized spacial score (nSPS) is 21.4. The second-order valence-corrected chi connectivity index (χ2v) is 14.7. The topological polar surface area (TPSA) is 122 Å². The van der Waals surface area contributed by atoms with Crippen molar-refractivity contribution in [2.45, 2.75) is 83.3 Å². The molecule has 0 radical (unpaired) electrons. The largest absolute Gasteiger partial charge is 0.444 e. The monoisotopic (exact) mass is 651 g/mol. The molecule has 252 valence electrons. The van der Waals surface area contributed by atoms with Crippen molar-refractivity contribution in [3.8, 4) is 0 Å². The zero-order chi connectivity index (χ0) is 33.4. The number of carbonyl (C=O) groups excluding carboxylic acids is 3. The van der Waals surface area contributed by atoms with E-state index in [-0.39, 0.29) is 11.9 Å². The van der Waals surface area contributed by atoms with Gasteiger partial charge in [0.05, 0.1) is 23.4 Å². The Balaban J connectivity index is 0.900. The molecular weight excluding hydrogens is 606 g/mol. The van der Waals surface area contributed by atoms with E-state index in [2.05, 4.69) is 49.6 Å². The fraction of sp³-hybridized carbons (Fsp3) is 0.486. The number of piperidine rings is 1. The highest BCUT2D eigenvalue weighted by molar-refractivity contribution is 6.09. The quantitative estimate of drug-likeness (QED) is 0.231. The molecular formula is C37H45N7O4. The Morgan fingerprint density at radius 1 is 0.958 bits per heavy atom. The summed E-state index contributed by atoms with van der Waals surface area (Å²) in [5.74, 6) is 0.982. The van der Waals surface area contributed by atoms with Crippen LogP contribution in [0.1, 0.15) is 83.2 Å². The van der Waals surface area contributed by atoms with Gasteiger partial charge in [-0.3, -0.25) is 30.0 Å². The molecule has 2 saturated heterocycles. The number of benzene rings is 2. The van der Waals surface area contributed by atoms with E-state index in [4.69, 9.17) is 9.84 Å². The van der Waals surface area contributed by atoms with Crippen molar-refractivity contribution in [3.63, 3.8) is 0 Å². The average Bonchev–Trinajstić information content (AvgIpc) is 3.48. The Bertz CT molecular complexity index is 1830. The van der Waals surface area contributed by atoms with E-state index in [1.54, 1.807) is 11.1 Å². The summed E-state index contributed by atoms with van der Waals surface area (Å²) in [7, 11) is 0. The fourth-order valence-electron chi connectivity index (χ4n) is 7.58. The minimum absolute atomic E-state index is 0.235. The van der Waals surface area contributed by atoms with Crippen LogP contribution < -0.4 is 15.5 Å². The zero-order valence-electron chi connectivity index (χ0n) is 28.1. The summed E-state index contributed by atoms with van der Waals surface area (Å²) in [5.41, 5.74) is 3.18. The van der Waals surface area contributed by atoms with Gasteiger partial charge in [-0.25, -0.2) is 9.59 Å². The van der Waals surface area contributed by atoms with Crippen LogP contribution in [0.4, 0.5) is 21.0 Å². The van der Waals surface area contributed by atoms with Crippen LogP contribution in [0.25, 0.3) is 21.7 Å². The number of carbonyl (C=O) groups is 3. The number of pyridine rings is 1. The molecule has 2 aromatic carbocycles. The molecule has 3 aliphatic rings. The summed E-state index contributed by atoms with van der Waals surface area (Å²) in [4.78, 5) is 45.0. The van der Waals surface area contributed by atoms with Crippen LogP contribution in [-0.2, 0) is 9.53 Å². The Morgan fingerprint density at radius 2 is 1.75 bits per heavy atom. The van der Waals surface area contributed by atoms with Crippen LogP contribution >= 0.6 is 0 Å². The van der Waals surface area contributed by atoms with E-state index < -0.39 is 11.7 Å². The van der Waals surface area contributed by atoms with Crippen LogP contribution in [0, 0.1) is 5.92 Å². The number of ether oxygens (including phenoxy) is 1. The highest BCUT2D eigenvalue weighted by Gasteiger charge is 2.29. The molecule has 3 fully saturated rings. The molecule has 0 bridgehead atoms. The number of hydrogen-bond acceptors (Lipinski definition) is 7. The minimum Gasteiger partial charge on any atom is -0.444 e. The van der Waals surface area contributed by atoms with Crippen LogP contribution in [0.5, 0.6) is 0 Å². The van der Waals surface area contributed by atoms with Gasteiger partial charge < -0.3 is 9.64 Å². The summed E-state index contributed by atoms with van der Waals surface area (Å²) in [6.45, 7) is 9.29. The smallest absolute Gasteiger partial charge is 0.412 e. The molecule has 4 amide bonds. The molecule has 48 heavy (non-hydrogen) atoms. The Hall–Kier alpha value is -4.51. The number of amides is 4. The molecule has 1 saturated carbocycles. The van der Waals surface area contributed by atoms with Crippen LogP contribution in [0.15, 0.2) is 55.0 Å². The van der Waals surface area contributed by atoms with E-state index >= 15 is 0 Å². The number of hydrogen-bond donors (Lipinski definition) is 2. The highest BCUT2D eigenvalue weighted by Crippen LogP contribution is 2.36. The van der Waals surface area contributed by atoms with Gasteiger partial charge >= 0.3 is 12.1 Å². The van der Waals surface area contributed by atoms with Crippen LogP contribution in [0.3, 0.4) is 0 Å². The molecule has 2 N–H and O–H groups in total. The van der Waals surface area contributed by atoms with Crippen molar-refractivity contribution in [1.29, 1.82) is 0 Å². The number of imide groups is 1. The van der Waals surface area contributed by atoms with Crippen molar-refractivity contribution in [2.24, 2.45) is 5.92 Å². The summed E-state index contributed by atoms with van der Waals surface area (Å²) in [5, 5.41) is 13.1. The van der Waals surface area contributed by atoms with Crippen molar-refractivity contribution in [3.05, 3.63) is 60.6 Å². The van der Waals surface area contributed by atoms with E-state index in [0.29, 0.717) is 36.5 Å². The van der Waals surface area contributed by atoms with Gasteiger partial charge in [-0.1, -0.05) is 12.1 Å². The molecule has 7 rings (SSSR count). The Labute approximate surface area is 281 Å². The number of nitrogens with one attached hydrogen (secondary N) is 2. The molecule has 4 heterocycles. The van der Waals surface area contributed by atoms with Gasteiger partial charge in [0, 0.05) is 53.8 Å². The second-order valence-electron chi connectivity index (χ2n) is 14.7. The highest BCUT2D eigenvalue weighted by atomic mass is 16.6. The third-order valence-corrected chi connectivity index (χ3v) is 10.0. The molecule has 0 unspecified atom stereocenters. The molecule has 2 aliphatic heterocycles. The minimum atomic E-state index is -0.544. The molecule has 4 aromatic rings. The first-order valence-corrected chi connectivity index (χ1v) is 17.3. The lowest BCUT2D eigenvalue weighted by Gasteiger charge is -2.37. The average molecular weight is 652 g/mol. The molecule has 11 nitrogen and oxygen atoms in total. The van der Waals surface area contributed by atoms with E-state index in [1.807, 2.05) is 45.2 Å². The second kappa shape index (κ2) is 13.2. The number of aromatic nitrogens is 3. The summed E-state index contributed by atoms with van der Waals surface area (Å²) in [6, 6.07) is 12.4. The third-order valence-electron chi connectivity index (χ3n) is 10.0. The van der Waals surface area contributed by atoms with Gasteiger partial charge in [-0.2, -0.15) is 5.10 Å². The summed E-state index contributed by atoms with van der Waals surface area (Å²) in [6.07, 6.45) is 12.5. The van der Waals surface area contributed by atoms with Gasteiger partial charge in [-0.15, -0.1) is 0 Å². The number of anilines is 2. The summed E-state index contributed by atoms with van der Waals surface area (Å²) < 4.78 is 7.52. The number of fused-ring (bicyclic) bond motifs is 2. The number of nitrogens with zero attached hydrogens (tertiary/aromatic N) is 5. The Kier molecular flexibility index (Phi) is 8.80. The van der Waals surface area contributed by atoms with E-state index in [1.165, 1.54) is 18.4 Å². The lowest BCUT2D eigenvalue weighted by atomic mass is 9.84. The third kappa shape index (κ3) is 7.16. The van der Waals surface area contributed by atoms with Crippen molar-refractivity contribution < 1.29 is 19.1 Å². The van der Waals surface area contributed by atoms with Crippen molar-refractivity contribution >= 4 is 51.1 Å². The molecule has 2 aromatic heterocycles. The van der Waals surface area contributed by atoms with Gasteiger partial charge in [0.1, 0.15) is 5.60 Å².